The maximum atomic E-state index is 12.6. The third-order valence-corrected chi connectivity index (χ3v) is 4.72. The van der Waals surface area contributed by atoms with E-state index in [9.17, 15) is 13.2 Å². The van der Waals surface area contributed by atoms with Crippen LogP contribution in [0.25, 0.3) is 0 Å². The summed E-state index contributed by atoms with van der Waals surface area (Å²) in [6.45, 7) is 6.63. The Morgan fingerprint density at radius 3 is 2.50 bits per heavy atom. The summed E-state index contributed by atoms with van der Waals surface area (Å²) in [4.78, 5) is 14.4. The molecule has 0 radical (unpaired) electrons. The zero-order chi connectivity index (χ0) is 15.1. The zero-order valence-corrected chi connectivity index (χ0v) is 12.8. The predicted octanol–water partition coefficient (Wildman–Crippen LogP) is 1.51. The van der Waals surface area contributed by atoms with Crippen LogP contribution in [0, 0.1) is 12.8 Å². The summed E-state index contributed by atoms with van der Waals surface area (Å²) in [6.07, 6.45) is 0.972. The minimum absolute atomic E-state index is 0.0219. The van der Waals surface area contributed by atoms with Crippen LogP contribution in [0.1, 0.15) is 36.2 Å². The first kappa shape index (κ1) is 15.0. The van der Waals surface area contributed by atoms with Gasteiger partial charge < -0.3 is 4.90 Å². The number of sulfonamides is 1. The van der Waals surface area contributed by atoms with E-state index < -0.39 is 10.0 Å². The monoisotopic (exact) mass is 296 g/mol. The SMILES string of the molecule is Cc1ccc(S(N)(=O)=O)cc1C(=O)N1CC(C)CC1C. The second-order valence-electron chi connectivity index (χ2n) is 5.67. The van der Waals surface area contributed by atoms with Gasteiger partial charge in [-0.25, -0.2) is 13.6 Å². The zero-order valence-electron chi connectivity index (χ0n) is 12.0. The van der Waals surface area contributed by atoms with Gasteiger partial charge in [0.2, 0.25) is 10.0 Å². The molecule has 2 N–H and O–H groups in total. The molecule has 0 saturated carbocycles. The number of carbonyl (C=O) groups excluding carboxylic acids is 1. The van der Waals surface area contributed by atoms with E-state index in [1.165, 1.54) is 12.1 Å². The van der Waals surface area contributed by atoms with Crippen LogP contribution in [0.4, 0.5) is 0 Å². The number of aryl methyl sites for hydroxylation is 1. The Labute approximate surface area is 119 Å². The molecule has 0 aromatic heterocycles. The van der Waals surface area contributed by atoms with Gasteiger partial charge in [0.05, 0.1) is 4.90 Å². The van der Waals surface area contributed by atoms with Gasteiger partial charge >= 0.3 is 0 Å². The normalized spacial score (nSPS) is 23.1. The van der Waals surface area contributed by atoms with Gasteiger partial charge in [-0.15, -0.1) is 0 Å². The molecular weight excluding hydrogens is 276 g/mol. The fraction of sp³-hybridized carbons (Fsp3) is 0.500. The molecule has 1 aliphatic heterocycles. The van der Waals surface area contributed by atoms with Gasteiger partial charge in [0.25, 0.3) is 5.91 Å². The molecule has 6 heteroatoms. The number of likely N-dealkylation sites (tertiary alicyclic amines) is 1. The highest BCUT2D eigenvalue weighted by Gasteiger charge is 2.31. The molecule has 20 heavy (non-hydrogen) atoms. The van der Waals surface area contributed by atoms with Crippen molar-refractivity contribution in [3.05, 3.63) is 29.3 Å². The van der Waals surface area contributed by atoms with Gasteiger partial charge in [0.15, 0.2) is 0 Å². The lowest BCUT2D eigenvalue weighted by atomic mass is 10.1. The van der Waals surface area contributed by atoms with E-state index in [1.54, 1.807) is 17.9 Å². The quantitative estimate of drug-likeness (QED) is 0.898. The van der Waals surface area contributed by atoms with Gasteiger partial charge in [-0.05, 0) is 43.9 Å². The number of rotatable bonds is 2. The average Bonchev–Trinajstić information content (AvgIpc) is 2.66. The smallest absolute Gasteiger partial charge is 0.254 e. The lowest BCUT2D eigenvalue weighted by Crippen LogP contribution is -2.34. The molecule has 5 nitrogen and oxygen atoms in total. The predicted molar refractivity (Wildman–Crippen MR) is 76.8 cm³/mol. The summed E-state index contributed by atoms with van der Waals surface area (Å²) in [5, 5.41) is 5.13. The summed E-state index contributed by atoms with van der Waals surface area (Å²) < 4.78 is 22.8. The molecule has 1 aromatic rings. The van der Waals surface area contributed by atoms with Crippen LogP contribution in [-0.2, 0) is 10.0 Å². The molecule has 1 amide bonds. The van der Waals surface area contributed by atoms with E-state index in [4.69, 9.17) is 5.14 Å². The number of nitrogens with two attached hydrogens (primary N) is 1. The van der Waals surface area contributed by atoms with Crippen LogP contribution in [0.2, 0.25) is 0 Å². The number of benzene rings is 1. The molecule has 0 aliphatic carbocycles. The Morgan fingerprint density at radius 1 is 1.35 bits per heavy atom. The van der Waals surface area contributed by atoms with E-state index in [0.29, 0.717) is 18.0 Å². The topological polar surface area (TPSA) is 80.5 Å². The number of carbonyl (C=O) groups is 1. The number of primary sulfonamides is 1. The van der Waals surface area contributed by atoms with Crippen LogP contribution in [0.5, 0.6) is 0 Å². The highest BCUT2D eigenvalue weighted by Crippen LogP contribution is 2.26. The van der Waals surface area contributed by atoms with Crippen LogP contribution < -0.4 is 5.14 Å². The van der Waals surface area contributed by atoms with Crippen molar-refractivity contribution in [2.75, 3.05) is 6.54 Å². The van der Waals surface area contributed by atoms with Crippen LogP contribution in [-0.4, -0.2) is 31.8 Å². The number of hydrogen-bond donors (Lipinski definition) is 1. The van der Waals surface area contributed by atoms with E-state index in [2.05, 4.69) is 6.92 Å². The Bertz CT molecular complexity index is 640. The molecule has 0 spiro atoms. The molecular formula is C14H20N2O3S. The van der Waals surface area contributed by atoms with E-state index in [0.717, 1.165) is 12.0 Å². The molecule has 1 heterocycles. The molecule has 1 fully saturated rings. The highest BCUT2D eigenvalue weighted by atomic mass is 32.2. The van der Waals surface area contributed by atoms with E-state index >= 15 is 0 Å². The average molecular weight is 296 g/mol. The number of nitrogens with zero attached hydrogens (tertiary/aromatic N) is 1. The van der Waals surface area contributed by atoms with E-state index in [1.807, 2.05) is 6.92 Å². The Kier molecular flexibility index (Phi) is 3.88. The standard InChI is InChI=1S/C14H20N2O3S/c1-9-6-11(3)16(8-9)14(17)13-7-12(20(15,18)19)5-4-10(13)2/h4-5,7,9,11H,6,8H2,1-3H3,(H2,15,18,19). The minimum atomic E-state index is -3.79. The molecule has 110 valence electrons. The van der Waals surface area contributed by atoms with Crippen molar-refractivity contribution in [3.63, 3.8) is 0 Å². The van der Waals surface area contributed by atoms with Crippen molar-refractivity contribution in [3.8, 4) is 0 Å². The van der Waals surface area contributed by atoms with Gasteiger partial charge in [-0.2, -0.15) is 0 Å². The molecule has 1 aromatic carbocycles. The Morgan fingerprint density at radius 2 is 2.00 bits per heavy atom. The van der Waals surface area contributed by atoms with Crippen molar-refractivity contribution in [2.24, 2.45) is 11.1 Å². The maximum absolute atomic E-state index is 12.6. The molecule has 1 saturated heterocycles. The first-order valence-electron chi connectivity index (χ1n) is 6.64. The molecule has 2 unspecified atom stereocenters. The van der Waals surface area contributed by atoms with Crippen molar-refractivity contribution >= 4 is 15.9 Å². The van der Waals surface area contributed by atoms with Crippen LogP contribution >= 0.6 is 0 Å². The number of amides is 1. The molecule has 2 rings (SSSR count). The second-order valence-corrected chi connectivity index (χ2v) is 7.23. The lowest BCUT2D eigenvalue weighted by molar-refractivity contribution is 0.0743. The van der Waals surface area contributed by atoms with Crippen LogP contribution in [0.15, 0.2) is 23.1 Å². The van der Waals surface area contributed by atoms with Crippen molar-refractivity contribution in [2.45, 2.75) is 38.1 Å². The van der Waals surface area contributed by atoms with Gasteiger partial charge in [-0.3, -0.25) is 4.79 Å². The second kappa shape index (κ2) is 5.18. The van der Waals surface area contributed by atoms with Crippen molar-refractivity contribution in [1.29, 1.82) is 0 Å². The van der Waals surface area contributed by atoms with Gasteiger partial charge in [0.1, 0.15) is 0 Å². The summed E-state index contributed by atoms with van der Waals surface area (Å²) in [5.41, 5.74) is 1.17. The summed E-state index contributed by atoms with van der Waals surface area (Å²) in [7, 11) is -3.79. The van der Waals surface area contributed by atoms with E-state index in [-0.39, 0.29) is 16.8 Å². The largest absolute Gasteiger partial charge is 0.336 e. The van der Waals surface area contributed by atoms with Gasteiger partial charge in [-0.1, -0.05) is 13.0 Å². The maximum Gasteiger partial charge on any atom is 0.254 e. The fourth-order valence-corrected chi connectivity index (χ4v) is 3.29. The van der Waals surface area contributed by atoms with Gasteiger partial charge in [0, 0.05) is 18.2 Å². The minimum Gasteiger partial charge on any atom is -0.336 e. The Hall–Kier alpha value is -1.40. The summed E-state index contributed by atoms with van der Waals surface area (Å²) in [6, 6.07) is 4.60. The first-order chi connectivity index (χ1) is 9.20. The third kappa shape index (κ3) is 2.86. The fourth-order valence-electron chi connectivity index (χ4n) is 2.75. The number of hydrogen-bond acceptors (Lipinski definition) is 3. The highest BCUT2D eigenvalue weighted by molar-refractivity contribution is 7.89. The summed E-state index contributed by atoms with van der Waals surface area (Å²) >= 11 is 0. The summed E-state index contributed by atoms with van der Waals surface area (Å²) in [5.74, 6) is 0.348. The first-order valence-corrected chi connectivity index (χ1v) is 8.19. The molecule has 2 atom stereocenters. The van der Waals surface area contributed by atoms with Crippen molar-refractivity contribution in [1.82, 2.24) is 4.90 Å². The Balaban J connectivity index is 2.40. The lowest BCUT2D eigenvalue weighted by Gasteiger charge is -2.22. The van der Waals surface area contributed by atoms with Crippen LogP contribution in [0.3, 0.4) is 0 Å². The van der Waals surface area contributed by atoms with Crippen molar-refractivity contribution < 1.29 is 13.2 Å². The molecule has 0 bridgehead atoms. The molecule has 1 aliphatic rings. The third-order valence-electron chi connectivity index (χ3n) is 3.81.